The number of para-hydroxylation sites is 1. The monoisotopic (exact) mass is 311 g/mol. The molecule has 0 aliphatic carbocycles. The number of hydrogen-bond donors (Lipinski definition) is 0. The lowest BCUT2D eigenvalue weighted by atomic mass is 10.2. The molecule has 2 amide bonds. The lowest BCUT2D eigenvalue weighted by Crippen LogP contribution is -2.31. The zero-order chi connectivity index (χ0) is 16.8. The van der Waals surface area contributed by atoms with Crippen molar-refractivity contribution >= 4 is 17.5 Å². The van der Waals surface area contributed by atoms with Crippen molar-refractivity contribution in [3.63, 3.8) is 0 Å². The molecule has 0 spiro atoms. The maximum atomic E-state index is 12.6. The molecule has 0 aliphatic heterocycles. The maximum absolute atomic E-state index is 12.6. The van der Waals surface area contributed by atoms with E-state index in [2.05, 4.69) is 4.98 Å². The van der Waals surface area contributed by atoms with E-state index in [4.69, 9.17) is 0 Å². The van der Waals surface area contributed by atoms with Crippen LogP contribution in [0.3, 0.4) is 0 Å². The van der Waals surface area contributed by atoms with Crippen LogP contribution in [-0.2, 0) is 0 Å². The number of carbonyl (C=O) groups excluding carboxylic acids is 2. The fourth-order valence-electron chi connectivity index (χ4n) is 2.31. The minimum Gasteiger partial charge on any atom is -0.339 e. The van der Waals surface area contributed by atoms with Crippen molar-refractivity contribution in [1.29, 1.82) is 0 Å². The molecule has 5 heteroatoms. The Labute approximate surface area is 136 Å². The lowest BCUT2D eigenvalue weighted by molar-refractivity contribution is 0.0773. The third kappa shape index (κ3) is 3.74. The van der Waals surface area contributed by atoms with E-state index in [9.17, 15) is 9.59 Å². The largest absolute Gasteiger partial charge is 0.339 e. The average molecular weight is 311 g/mol. The van der Waals surface area contributed by atoms with Gasteiger partial charge in [-0.2, -0.15) is 0 Å². The van der Waals surface area contributed by atoms with Crippen molar-refractivity contribution in [3.8, 4) is 0 Å². The highest BCUT2D eigenvalue weighted by Gasteiger charge is 2.18. The Morgan fingerprint density at radius 2 is 1.65 bits per heavy atom. The van der Waals surface area contributed by atoms with E-state index in [0.717, 1.165) is 5.69 Å². The number of rotatable bonds is 5. The highest BCUT2D eigenvalue weighted by atomic mass is 16.2. The Morgan fingerprint density at radius 3 is 2.26 bits per heavy atom. The number of anilines is 1. The van der Waals surface area contributed by atoms with Gasteiger partial charge in [-0.1, -0.05) is 18.2 Å². The summed E-state index contributed by atoms with van der Waals surface area (Å²) in [6.07, 6.45) is 1.50. The first-order valence-electron chi connectivity index (χ1n) is 7.66. The predicted molar refractivity (Wildman–Crippen MR) is 90.7 cm³/mol. The minimum atomic E-state index is -0.245. The lowest BCUT2D eigenvalue weighted by Gasteiger charge is -2.20. The van der Waals surface area contributed by atoms with Gasteiger partial charge in [0.15, 0.2) is 0 Å². The predicted octanol–water partition coefficient (Wildman–Crippen LogP) is 2.84. The second-order valence-corrected chi connectivity index (χ2v) is 5.11. The summed E-state index contributed by atoms with van der Waals surface area (Å²) in [6.45, 7) is 5.12. The number of amides is 2. The molecule has 1 aromatic carbocycles. The number of nitrogens with zero attached hydrogens (tertiary/aromatic N) is 3. The fraction of sp³-hybridized carbons (Fsp3) is 0.278. The van der Waals surface area contributed by atoms with Gasteiger partial charge in [0.1, 0.15) is 5.69 Å². The molecular weight excluding hydrogens is 290 g/mol. The summed E-state index contributed by atoms with van der Waals surface area (Å²) in [7, 11) is 1.69. The van der Waals surface area contributed by atoms with Crippen LogP contribution in [0, 0.1) is 0 Å². The van der Waals surface area contributed by atoms with Crippen LogP contribution >= 0.6 is 0 Å². The van der Waals surface area contributed by atoms with E-state index in [-0.39, 0.29) is 17.5 Å². The Balaban J connectivity index is 2.25. The van der Waals surface area contributed by atoms with Gasteiger partial charge in [-0.25, -0.2) is 0 Å². The van der Waals surface area contributed by atoms with Crippen molar-refractivity contribution in [2.45, 2.75) is 13.8 Å². The molecule has 2 rings (SSSR count). The molecule has 0 aliphatic rings. The molecule has 2 aromatic rings. The van der Waals surface area contributed by atoms with Gasteiger partial charge in [-0.15, -0.1) is 0 Å². The van der Waals surface area contributed by atoms with Crippen molar-refractivity contribution in [3.05, 3.63) is 59.9 Å². The smallest absolute Gasteiger partial charge is 0.276 e. The van der Waals surface area contributed by atoms with E-state index in [0.29, 0.717) is 18.7 Å². The number of hydrogen-bond acceptors (Lipinski definition) is 3. The summed E-state index contributed by atoms with van der Waals surface area (Å²) in [5.74, 6) is -0.334. The van der Waals surface area contributed by atoms with Gasteiger partial charge < -0.3 is 9.80 Å². The van der Waals surface area contributed by atoms with E-state index in [1.165, 1.54) is 11.1 Å². The Morgan fingerprint density at radius 1 is 1.00 bits per heavy atom. The third-order valence-electron chi connectivity index (χ3n) is 3.72. The molecule has 0 atom stereocenters. The van der Waals surface area contributed by atoms with E-state index >= 15 is 0 Å². The summed E-state index contributed by atoms with van der Waals surface area (Å²) in [4.78, 5) is 32.3. The average Bonchev–Trinajstić information content (AvgIpc) is 2.62. The first-order valence-corrected chi connectivity index (χ1v) is 7.66. The van der Waals surface area contributed by atoms with Gasteiger partial charge >= 0.3 is 0 Å². The molecule has 0 saturated heterocycles. The van der Waals surface area contributed by atoms with Crippen LogP contribution < -0.4 is 4.90 Å². The number of benzene rings is 1. The van der Waals surface area contributed by atoms with Crippen LogP contribution in [0.4, 0.5) is 5.69 Å². The van der Waals surface area contributed by atoms with Gasteiger partial charge in [0.2, 0.25) is 0 Å². The minimum absolute atomic E-state index is 0.0891. The molecule has 0 unspecified atom stereocenters. The molecule has 0 bridgehead atoms. The SMILES string of the molecule is CCN(CC)C(=O)c1ccnc(C(=O)N(C)c2ccccc2)c1. The summed E-state index contributed by atoms with van der Waals surface area (Å²) in [6, 6.07) is 12.5. The van der Waals surface area contributed by atoms with E-state index < -0.39 is 0 Å². The summed E-state index contributed by atoms with van der Waals surface area (Å²) in [5.41, 5.74) is 1.52. The quantitative estimate of drug-likeness (QED) is 0.853. The van der Waals surface area contributed by atoms with Crippen molar-refractivity contribution in [1.82, 2.24) is 9.88 Å². The van der Waals surface area contributed by atoms with Gasteiger partial charge in [0.25, 0.3) is 11.8 Å². The van der Waals surface area contributed by atoms with Gasteiger partial charge in [0.05, 0.1) is 0 Å². The summed E-state index contributed by atoms with van der Waals surface area (Å²) in [5, 5.41) is 0. The Hall–Kier alpha value is -2.69. The van der Waals surface area contributed by atoms with Gasteiger partial charge in [-0.05, 0) is 38.1 Å². The molecule has 0 saturated carbocycles. The van der Waals surface area contributed by atoms with Crippen LogP contribution in [0.5, 0.6) is 0 Å². The normalized spacial score (nSPS) is 10.2. The van der Waals surface area contributed by atoms with Crippen molar-refractivity contribution < 1.29 is 9.59 Å². The Kier molecular flexibility index (Phi) is 5.46. The molecule has 0 radical (unpaired) electrons. The standard InChI is InChI=1S/C18H21N3O2/c1-4-21(5-2)17(22)14-11-12-19-16(13-14)18(23)20(3)15-9-7-6-8-10-15/h6-13H,4-5H2,1-3H3. The first-order chi connectivity index (χ1) is 11.1. The Bertz CT molecular complexity index is 682. The highest BCUT2D eigenvalue weighted by Crippen LogP contribution is 2.15. The van der Waals surface area contributed by atoms with Crippen LogP contribution in [0.2, 0.25) is 0 Å². The molecular formula is C18H21N3O2. The summed E-state index contributed by atoms with van der Waals surface area (Å²) < 4.78 is 0. The fourth-order valence-corrected chi connectivity index (χ4v) is 2.31. The summed E-state index contributed by atoms with van der Waals surface area (Å²) >= 11 is 0. The topological polar surface area (TPSA) is 53.5 Å². The van der Waals surface area contributed by atoms with Gasteiger partial charge in [-0.3, -0.25) is 14.6 Å². The highest BCUT2D eigenvalue weighted by molar-refractivity contribution is 6.06. The molecule has 0 N–H and O–H groups in total. The number of carbonyl (C=O) groups is 2. The van der Waals surface area contributed by atoms with Gasteiger partial charge in [0, 0.05) is 37.6 Å². The molecule has 1 heterocycles. The van der Waals surface area contributed by atoms with Crippen molar-refractivity contribution in [2.75, 3.05) is 25.0 Å². The van der Waals surface area contributed by atoms with Crippen LogP contribution in [0.15, 0.2) is 48.7 Å². The third-order valence-corrected chi connectivity index (χ3v) is 3.72. The van der Waals surface area contributed by atoms with Crippen LogP contribution in [0.1, 0.15) is 34.7 Å². The maximum Gasteiger partial charge on any atom is 0.276 e. The van der Waals surface area contributed by atoms with Crippen molar-refractivity contribution in [2.24, 2.45) is 0 Å². The second-order valence-electron chi connectivity index (χ2n) is 5.11. The van der Waals surface area contributed by atoms with Crippen LogP contribution in [-0.4, -0.2) is 41.8 Å². The molecule has 0 fully saturated rings. The number of aromatic nitrogens is 1. The molecule has 120 valence electrons. The second kappa shape index (κ2) is 7.54. The number of pyridine rings is 1. The first kappa shape index (κ1) is 16.7. The molecule has 23 heavy (non-hydrogen) atoms. The zero-order valence-corrected chi connectivity index (χ0v) is 13.7. The molecule has 5 nitrogen and oxygen atoms in total. The molecule has 1 aromatic heterocycles. The van der Waals surface area contributed by atoms with Crippen LogP contribution in [0.25, 0.3) is 0 Å². The zero-order valence-electron chi connectivity index (χ0n) is 13.7. The van der Waals surface area contributed by atoms with E-state index in [1.54, 1.807) is 24.1 Å². The van der Waals surface area contributed by atoms with E-state index in [1.807, 2.05) is 44.2 Å².